The number of allylic oxidation sites excluding steroid dienone is 5. The van der Waals surface area contributed by atoms with Crippen LogP contribution in [0.1, 0.15) is 52.9 Å². The van der Waals surface area contributed by atoms with Gasteiger partial charge >= 0.3 is 0 Å². The highest BCUT2D eigenvalue weighted by Crippen LogP contribution is 2.15. The van der Waals surface area contributed by atoms with Gasteiger partial charge in [0.2, 0.25) is 0 Å². The van der Waals surface area contributed by atoms with Gasteiger partial charge in [0.1, 0.15) is 0 Å². The second-order valence-electron chi connectivity index (χ2n) is 3.66. The summed E-state index contributed by atoms with van der Waals surface area (Å²) in [7, 11) is 0. The highest BCUT2D eigenvalue weighted by molar-refractivity contribution is 5.16. The monoisotopic (exact) mass is 192 g/mol. The molecule has 0 radical (unpaired) electrons. The molecule has 0 fully saturated rings. The van der Waals surface area contributed by atoms with Crippen LogP contribution < -0.4 is 0 Å². The molecular weight excluding hydrogens is 168 g/mol. The summed E-state index contributed by atoms with van der Waals surface area (Å²) in [5.41, 5.74) is 2.82. The zero-order valence-electron chi connectivity index (χ0n) is 9.97. The van der Waals surface area contributed by atoms with Crippen molar-refractivity contribution >= 4 is 0 Å². The van der Waals surface area contributed by atoms with Gasteiger partial charge in [-0.3, -0.25) is 0 Å². The van der Waals surface area contributed by atoms with E-state index in [1.165, 1.54) is 31.3 Å². The van der Waals surface area contributed by atoms with Gasteiger partial charge in [-0.15, -0.1) is 0 Å². The Morgan fingerprint density at radius 1 is 1.21 bits per heavy atom. The standard InChI is InChI=1S/C14H24/c1-5-8-10-14(7-3)12-11-13(4)9-6-2/h6,9-10H,4-5,7-8,11-12H2,1-3H3. The van der Waals surface area contributed by atoms with E-state index in [0.717, 1.165) is 6.42 Å². The lowest BCUT2D eigenvalue weighted by molar-refractivity contribution is 0.857. The average molecular weight is 192 g/mol. The summed E-state index contributed by atoms with van der Waals surface area (Å²) in [6.07, 6.45) is 12.5. The highest BCUT2D eigenvalue weighted by Gasteiger charge is 1.95. The molecule has 0 atom stereocenters. The van der Waals surface area contributed by atoms with E-state index in [-0.39, 0.29) is 0 Å². The van der Waals surface area contributed by atoms with Gasteiger partial charge in [-0.2, -0.15) is 0 Å². The molecule has 0 heteroatoms. The molecule has 0 aromatic rings. The molecule has 0 rings (SSSR count). The van der Waals surface area contributed by atoms with Crippen LogP contribution in [0.3, 0.4) is 0 Å². The lowest BCUT2D eigenvalue weighted by Gasteiger charge is -2.04. The Hall–Kier alpha value is -0.780. The minimum Gasteiger partial charge on any atom is -0.0958 e. The fraction of sp³-hybridized carbons (Fsp3) is 0.571. The first-order chi connectivity index (χ1) is 6.74. The first kappa shape index (κ1) is 13.2. The van der Waals surface area contributed by atoms with Crippen molar-refractivity contribution < 1.29 is 0 Å². The number of hydrogen-bond acceptors (Lipinski definition) is 0. The zero-order chi connectivity index (χ0) is 10.8. The van der Waals surface area contributed by atoms with E-state index in [0.29, 0.717) is 0 Å². The van der Waals surface area contributed by atoms with E-state index >= 15 is 0 Å². The molecule has 0 aromatic carbocycles. The smallest absolute Gasteiger partial charge is 0.0247 e. The molecule has 0 unspecified atom stereocenters. The summed E-state index contributed by atoms with van der Waals surface area (Å²) in [4.78, 5) is 0. The molecule has 0 heterocycles. The van der Waals surface area contributed by atoms with Crippen LogP contribution in [0.25, 0.3) is 0 Å². The molecule has 0 amide bonds. The maximum absolute atomic E-state index is 4.02. The van der Waals surface area contributed by atoms with Crippen LogP contribution in [-0.4, -0.2) is 0 Å². The molecule has 0 nitrogen and oxygen atoms in total. The SMILES string of the molecule is C=C(C=CC)CCC(=CCCC)CC. The molecule has 0 bridgehead atoms. The molecule has 0 spiro atoms. The van der Waals surface area contributed by atoms with Crippen molar-refractivity contribution in [3.05, 3.63) is 36.0 Å². The number of unbranched alkanes of at least 4 members (excludes halogenated alkanes) is 1. The summed E-state index contributed by atoms with van der Waals surface area (Å²) in [6.45, 7) is 10.5. The van der Waals surface area contributed by atoms with Crippen molar-refractivity contribution in [2.75, 3.05) is 0 Å². The largest absolute Gasteiger partial charge is 0.0958 e. The topological polar surface area (TPSA) is 0 Å². The van der Waals surface area contributed by atoms with Crippen molar-refractivity contribution in [1.29, 1.82) is 0 Å². The Kier molecular flexibility index (Phi) is 8.31. The van der Waals surface area contributed by atoms with Gasteiger partial charge in [0.15, 0.2) is 0 Å². The van der Waals surface area contributed by atoms with Crippen LogP contribution in [-0.2, 0) is 0 Å². The molecule has 80 valence electrons. The lowest BCUT2D eigenvalue weighted by Crippen LogP contribution is -1.84. The summed E-state index contributed by atoms with van der Waals surface area (Å²) in [5, 5.41) is 0. The van der Waals surface area contributed by atoms with Crippen molar-refractivity contribution in [1.82, 2.24) is 0 Å². The Morgan fingerprint density at radius 2 is 1.93 bits per heavy atom. The van der Waals surface area contributed by atoms with Gasteiger partial charge in [-0.05, 0) is 32.6 Å². The van der Waals surface area contributed by atoms with Crippen molar-refractivity contribution in [3.63, 3.8) is 0 Å². The van der Waals surface area contributed by atoms with Gasteiger partial charge in [0.05, 0.1) is 0 Å². The predicted octanol–water partition coefficient (Wildman–Crippen LogP) is 5.04. The van der Waals surface area contributed by atoms with Gasteiger partial charge < -0.3 is 0 Å². The molecular formula is C14H24. The Labute approximate surface area is 89.4 Å². The first-order valence-corrected chi connectivity index (χ1v) is 5.72. The molecule has 0 aliphatic rings. The van der Waals surface area contributed by atoms with Crippen molar-refractivity contribution in [2.24, 2.45) is 0 Å². The van der Waals surface area contributed by atoms with E-state index in [9.17, 15) is 0 Å². The minimum absolute atomic E-state index is 1.10. The van der Waals surface area contributed by atoms with Crippen molar-refractivity contribution in [3.8, 4) is 0 Å². The highest BCUT2D eigenvalue weighted by atomic mass is 14.0. The maximum atomic E-state index is 4.02. The molecule has 0 aromatic heterocycles. The molecule has 14 heavy (non-hydrogen) atoms. The van der Waals surface area contributed by atoms with Gasteiger partial charge in [-0.25, -0.2) is 0 Å². The van der Waals surface area contributed by atoms with Crippen LogP contribution in [0.2, 0.25) is 0 Å². The number of rotatable bonds is 7. The van der Waals surface area contributed by atoms with Crippen LogP contribution in [0.15, 0.2) is 36.0 Å². The Balaban J connectivity index is 3.89. The fourth-order valence-corrected chi connectivity index (χ4v) is 1.41. The molecule has 0 aliphatic heterocycles. The zero-order valence-corrected chi connectivity index (χ0v) is 9.97. The summed E-state index contributed by atoms with van der Waals surface area (Å²) >= 11 is 0. The van der Waals surface area contributed by atoms with Crippen LogP contribution in [0.5, 0.6) is 0 Å². The third-order valence-electron chi connectivity index (χ3n) is 2.35. The van der Waals surface area contributed by atoms with E-state index in [1.807, 2.05) is 6.92 Å². The number of hydrogen-bond donors (Lipinski definition) is 0. The van der Waals surface area contributed by atoms with Crippen LogP contribution in [0.4, 0.5) is 0 Å². The minimum atomic E-state index is 1.10. The van der Waals surface area contributed by atoms with Gasteiger partial charge in [-0.1, -0.05) is 56.2 Å². The van der Waals surface area contributed by atoms with E-state index in [4.69, 9.17) is 0 Å². The molecule has 0 aliphatic carbocycles. The maximum Gasteiger partial charge on any atom is -0.0247 e. The van der Waals surface area contributed by atoms with E-state index in [2.05, 4.69) is 38.7 Å². The predicted molar refractivity (Wildman–Crippen MR) is 66.5 cm³/mol. The molecule has 0 saturated carbocycles. The summed E-state index contributed by atoms with van der Waals surface area (Å²) < 4.78 is 0. The second kappa shape index (κ2) is 8.80. The van der Waals surface area contributed by atoms with Crippen LogP contribution in [0, 0.1) is 0 Å². The van der Waals surface area contributed by atoms with E-state index in [1.54, 1.807) is 5.57 Å². The average Bonchev–Trinajstić information content (AvgIpc) is 2.19. The summed E-state index contributed by atoms with van der Waals surface area (Å²) in [6, 6.07) is 0. The van der Waals surface area contributed by atoms with E-state index < -0.39 is 0 Å². The normalized spacial score (nSPS) is 12.4. The fourth-order valence-electron chi connectivity index (χ4n) is 1.41. The van der Waals surface area contributed by atoms with Crippen LogP contribution >= 0.6 is 0 Å². The first-order valence-electron chi connectivity index (χ1n) is 5.72. The lowest BCUT2D eigenvalue weighted by atomic mass is 10.0. The third kappa shape index (κ3) is 6.71. The second-order valence-corrected chi connectivity index (χ2v) is 3.66. The van der Waals surface area contributed by atoms with Gasteiger partial charge in [0.25, 0.3) is 0 Å². The third-order valence-corrected chi connectivity index (χ3v) is 2.35. The molecule has 0 saturated heterocycles. The Bertz CT molecular complexity index is 206. The quantitative estimate of drug-likeness (QED) is 0.392. The van der Waals surface area contributed by atoms with Crippen molar-refractivity contribution in [2.45, 2.75) is 52.9 Å². The summed E-state index contributed by atoms with van der Waals surface area (Å²) in [5.74, 6) is 0. The Morgan fingerprint density at radius 3 is 2.43 bits per heavy atom. The molecule has 0 N–H and O–H groups in total. The van der Waals surface area contributed by atoms with Gasteiger partial charge in [0, 0.05) is 0 Å².